The molecule has 1 heterocycles. The molecular formula is C10H17O. The molecule has 4 unspecified atom stereocenters. The van der Waals surface area contributed by atoms with Gasteiger partial charge in [-0.1, -0.05) is 13.8 Å². The molecule has 63 valence electrons. The number of hydrogen-bond acceptors (Lipinski definition) is 1. The van der Waals surface area contributed by atoms with Crippen molar-refractivity contribution in [3.8, 4) is 0 Å². The summed E-state index contributed by atoms with van der Waals surface area (Å²) in [7, 11) is 0. The Hall–Kier alpha value is -0.0400. The topological polar surface area (TPSA) is 12.5 Å². The van der Waals surface area contributed by atoms with E-state index in [-0.39, 0.29) is 5.60 Å². The Morgan fingerprint density at radius 3 is 2.91 bits per heavy atom. The molecule has 2 fully saturated rings. The van der Waals surface area contributed by atoms with Crippen LogP contribution in [0.4, 0.5) is 0 Å². The Morgan fingerprint density at radius 1 is 1.64 bits per heavy atom. The number of rotatable bonds is 1. The second kappa shape index (κ2) is 2.22. The molecule has 0 bridgehead atoms. The quantitative estimate of drug-likeness (QED) is 0.527. The van der Waals surface area contributed by atoms with E-state index < -0.39 is 0 Å². The van der Waals surface area contributed by atoms with Crippen molar-refractivity contribution in [3.05, 3.63) is 6.92 Å². The fraction of sp³-hybridized carbons (Fsp3) is 0.900. The van der Waals surface area contributed by atoms with Crippen molar-refractivity contribution in [2.75, 3.05) is 0 Å². The zero-order chi connectivity index (χ0) is 8.06. The average molecular weight is 153 g/mol. The number of hydrogen-bond donors (Lipinski definition) is 0. The van der Waals surface area contributed by atoms with E-state index in [9.17, 15) is 0 Å². The molecule has 0 spiro atoms. The summed E-state index contributed by atoms with van der Waals surface area (Å²) >= 11 is 0. The van der Waals surface area contributed by atoms with E-state index >= 15 is 0 Å². The second-order valence-corrected chi connectivity index (χ2v) is 4.43. The van der Waals surface area contributed by atoms with Crippen LogP contribution in [-0.2, 0) is 4.74 Å². The van der Waals surface area contributed by atoms with Crippen LogP contribution in [0.15, 0.2) is 0 Å². The molecule has 0 amide bonds. The Bertz CT molecular complexity index is 164. The van der Waals surface area contributed by atoms with Crippen LogP contribution in [0.25, 0.3) is 0 Å². The molecule has 2 aliphatic rings. The highest BCUT2D eigenvalue weighted by Crippen LogP contribution is 2.50. The molecule has 1 radical (unpaired) electrons. The molecule has 4 atom stereocenters. The lowest BCUT2D eigenvalue weighted by Crippen LogP contribution is -2.24. The van der Waals surface area contributed by atoms with E-state index in [1.54, 1.807) is 0 Å². The van der Waals surface area contributed by atoms with Gasteiger partial charge in [0.2, 0.25) is 0 Å². The molecule has 0 aromatic rings. The monoisotopic (exact) mass is 153 g/mol. The molecule has 0 N–H and O–H groups in total. The molecule has 1 saturated heterocycles. The summed E-state index contributed by atoms with van der Waals surface area (Å²) in [5.74, 6) is 1.42. The first-order chi connectivity index (χ1) is 5.12. The third-order valence-corrected chi connectivity index (χ3v) is 3.37. The summed E-state index contributed by atoms with van der Waals surface area (Å²) in [6, 6.07) is 0. The lowest BCUT2D eigenvalue weighted by Gasteiger charge is -2.25. The van der Waals surface area contributed by atoms with E-state index in [2.05, 4.69) is 20.8 Å². The zero-order valence-electron chi connectivity index (χ0n) is 7.47. The molecule has 1 nitrogen and oxygen atoms in total. The Kier molecular flexibility index (Phi) is 1.54. The first kappa shape index (κ1) is 7.60. The molecule has 0 aromatic carbocycles. The fourth-order valence-corrected chi connectivity index (χ4v) is 2.19. The van der Waals surface area contributed by atoms with Crippen LogP contribution in [0.3, 0.4) is 0 Å². The Labute approximate surface area is 69.1 Å². The number of ether oxygens (including phenoxy) is 1. The van der Waals surface area contributed by atoms with Gasteiger partial charge in [-0.05, 0) is 38.0 Å². The van der Waals surface area contributed by atoms with Gasteiger partial charge in [-0.3, -0.25) is 0 Å². The van der Waals surface area contributed by atoms with Gasteiger partial charge < -0.3 is 4.74 Å². The second-order valence-electron chi connectivity index (χ2n) is 4.43. The van der Waals surface area contributed by atoms with E-state index in [0.29, 0.717) is 12.0 Å². The van der Waals surface area contributed by atoms with Gasteiger partial charge in [0.15, 0.2) is 0 Å². The number of fused-ring (bicyclic) bond motifs is 1. The van der Waals surface area contributed by atoms with Crippen molar-refractivity contribution in [3.63, 3.8) is 0 Å². The van der Waals surface area contributed by atoms with Crippen molar-refractivity contribution < 1.29 is 4.74 Å². The minimum absolute atomic E-state index is 0.283. The molecule has 11 heavy (non-hydrogen) atoms. The van der Waals surface area contributed by atoms with Crippen molar-refractivity contribution in [1.29, 1.82) is 0 Å². The summed E-state index contributed by atoms with van der Waals surface area (Å²) in [6.07, 6.45) is 4.39. The minimum Gasteiger partial charge on any atom is -0.366 e. The predicted molar refractivity (Wildman–Crippen MR) is 45.1 cm³/mol. The molecule has 1 aliphatic carbocycles. The van der Waals surface area contributed by atoms with Gasteiger partial charge >= 0.3 is 0 Å². The first-order valence-corrected chi connectivity index (χ1v) is 4.63. The van der Waals surface area contributed by atoms with Gasteiger partial charge in [-0.25, -0.2) is 0 Å². The van der Waals surface area contributed by atoms with Gasteiger partial charge in [0, 0.05) is 0 Å². The normalized spacial score (nSPS) is 49.1. The SMILES string of the molecule is [CH2]C(C)C1CCC2(C)OC2C1. The van der Waals surface area contributed by atoms with Crippen molar-refractivity contribution >= 4 is 0 Å². The van der Waals surface area contributed by atoms with Gasteiger partial charge in [-0.2, -0.15) is 0 Å². The average Bonchev–Trinajstić information content (AvgIpc) is 2.58. The van der Waals surface area contributed by atoms with Crippen LogP contribution in [0, 0.1) is 18.8 Å². The van der Waals surface area contributed by atoms with Crippen LogP contribution in [0.5, 0.6) is 0 Å². The summed E-state index contributed by atoms with van der Waals surface area (Å²) in [5.41, 5.74) is 0.283. The molecule has 2 rings (SSSR count). The maximum Gasteiger partial charge on any atom is 0.0920 e. The van der Waals surface area contributed by atoms with Gasteiger partial charge in [0.1, 0.15) is 0 Å². The summed E-state index contributed by atoms with van der Waals surface area (Å²) < 4.78 is 5.62. The van der Waals surface area contributed by atoms with Gasteiger partial charge in [0.25, 0.3) is 0 Å². The highest BCUT2D eigenvalue weighted by atomic mass is 16.6. The maximum atomic E-state index is 5.62. The number of epoxide rings is 1. The summed E-state index contributed by atoms with van der Waals surface area (Å²) in [4.78, 5) is 0. The van der Waals surface area contributed by atoms with Crippen molar-refractivity contribution in [1.82, 2.24) is 0 Å². The van der Waals surface area contributed by atoms with Crippen LogP contribution in [-0.4, -0.2) is 11.7 Å². The summed E-state index contributed by atoms with van der Waals surface area (Å²) in [5, 5.41) is 0. The molecule has 1 aliphatic heterocycles. The van der Waals surface area contributed by atoms with E-state index in [0.717, 1.165) is 5.92 Å². The van der Waals surface area contributed by atoms with Crippen LogP contribution >= 0.6 is 0 Å². The Balaban J connectivity index is 1.93. The smallest absolute Gasteiger partial charge is 0.0920 e. The van der Waals surface area contributed by atoms with Gasteiger partial charge in [-0.15, -0.1) is 0 Å². The van der Waals surface area contributed by atoms with E-state index in [1.165, 1.54) is 19.3 Å². The van der Waals surface area contributed by atoms with E-state index in [4.69, 9.17) is 4.74 Å². The standard InChI is InChI=1S/C10H17O/c1-7(2)8-4-5-10(3)9(6-8)11-10/h7-9H,1,4-6H2,2-3H3. The first-order valence-electron chi connectivity index (χ1n) is 4.63. The Morgan fingerprint density at radius 2 is 2.36 bits per heavy atom. The summed E-state index contributed by atoms with van der Waals surface area (Å²) in [6.45, 7) is 8.54. The van der Waals surface area contributed by atoms with Crippen molar-refractivity contribution in [2.45, 2.75) is 44.8 Å². The van der Waals surface area contributed by atoms with E-state index in [1.807, 2.05) is 0 Å². The largest absolute Gasteiger partial charge is 0.366 e. The highest BCUT2D eigenvalue weighted by Gasteiger charge is 2.55. The molecule has 0 aromatic heterocycles. The molecule has 1 heteroatoms. The van der Waals surface area contributed by atoms with Crippen molar-refractivity contribution in [2.24, 2.45) is 11.8 Å². The predicted octanol–water partition coefficient (Wildman–Crippen LogP) is 2.41. The molecule has 1 saturated carbocycles. The molecular weight excluding hydrogens is 136 g/mol. The lowest BCUT2D eigenvalue weighted by molar-refractivity contribution is 0.288. The minimum atomic E-state index is 0.283. The third kappa shape index (κ3) is 1.20. The van der Waals surface area contributed by atoms with Crippen LogP contribution < -0.4 is 0 Å². The third-order valence-electron chi connectivity index (χ3n) is 3.37. The zero-order valence-corrected chi connectivity index (χ0v) is 7.47. The van der Waals surface area contributed by atoms with Crippen LogP contribution in [0.2, 0.25) is 0 Å². The lowest BCUT2D eigenvalue weighted by atomic mass is 9.78. The highest BCUT2D eigenvalue weighted by molar-refractivity contribution is 5.04. The fourth-order valence-electron chi connectivity index (χ4n) is 2.19. The van der Waals surface area contributed by atoms with Gasteiger partial charge in [0.05, 0.1) is 11.7 Å². The maximum absolute atomic E-state index is 5.62. The van der Waals surface area contributed by atoms with Crippen LogP contribution in [0.1, 0.15) is 33.1 Å².